The van der Waals surface area contributed by atoms with Gasteiger partial charge in [-0.15, -0.1) is 0 Å². The van der Waals surface area contributed by atoms with Crippen LogP contribution in [0, 0.1) is 0 Å². The number of hydrogen-bond donors (Lipinski definition) is 3. The van der Waals surface area contributed by atoms with Crippen LogP contribution in [0.2, 0.25) is 0 Å². The quantitative estimate of drug-likeness (QED) is 0.788. The van der Waals surface area contributed by atoms with Crippen molar-refractivity contribution in [2.24, 2.45) is 0 Å². The molecule has 0 bridgehead atoms. The zero-order valence-electron chi connectivity index (χ0n) is 11.9. The monoisotopic (exact) mass is 285 g/mol. The van der Waals surface area contributed by atoms with Crippen LogP contribution in [0.15, 0.2) is 54.9 Å². The van der Waals surface area contributed by atoms with Gasteiger partial charge >= 0.3 is 6.03 Å². The summed E-state index contributed by atoms with van der Waals surface area (Å²) in [5, 5.41) is 15.6. The number of urea groups is 1. The summed E-state index contributed by atoms with van der Waals surface area (Å²) in [6.45, 7) is 1.78. The number of hydrogen-bond acceptors (Lipinski definition) is 3. The molecule has 110 valence electrons. The number of anilines is 1. The van der Waals surface area contributed by atoms with Gasteiger partial charge in [0.15, 0.2) is 0 Å². The Bertz CT molecular complexity index is 560. The molecule has 2 aromatic rings. The van der Waals surface area contributed by atoms with E-state index >= 15 is 0 Å². The molecule has 1 aromatic heterocycles. The molecule has 1 aromatic carbocycles. The molecular formula is C16H19N3O2. The Hall–Kier alpha value is -2.40. The van der Waals surface area contributed by atoms with Crippen LogP contribution in [0.4, 0.5) is 10.5 Å². The first-order chi connectivity index (χ1) is 10.1. The van der Waals surface area contributed by atoms with E-state index in [1.807, 2.05) is 30.3 Å². The number of rotatable bonds is 5. The summed E-state index contributed by atoms with van der Waals surface area (Å²) >= 11 is 0. The highest BCUT2D eigenvalue weighted by Crippen LogP contribution is 2.07. The number of pyridine rings is 1. The van der Waals surface area contributed by atoms with Gasteiger partial charge in [-0.3, -0.25) is 4.98 Å². The van der Waals surface area contributed by atoms with Gasteiger partial charge in [-0.05, 0) is 24.6 Å². The van der Waals surface area contributed by atoms with Crippen LogP contribution in [-0.2, 0) is 6.42 Å². The van der Waals surface area contributed by atoms with E-state index < -0.39 is 6.10 Å². The third kappa shape index (κ3) is 4.89. The van der Waals surface area contributed by atoms with Gasteiger partial charge < -0.3 is 15.7 Å². The van der Waals surface area contributed by atoms with Crippen molar-refractivity contribution < 1.29 is 9.90 Å². The molecule has 5 nitrogen and oxygen atoms in total. The molecule has 0 radical (unpaired) electrons. The molecule has 2 atom stereocenters. The van der Waals surface area contributed by atoms with E-state index in [4.69, 9.17) is 0 Å². The summed E-state index contributed by atoms with van der Waals surface area (Å²) in [6, 6.07) is 12.4. The number of carbonyl (C=O) groups excluding carboxylic acids is 1. The number of carbonyl (C=O) groups is 1. The second kappa shape index (κ2) is 7.40. The summed E-state index contributed by atoms with van der Waals surface area (Å²) in [5.74, 6) is 0. The summed E-state index contributed by atoms with van der Waals surface area (Å²) in [4.78, 5) is 15.7. The van der Waals surface area contributed by atoms with Crippen molar-refractivity contribution in [2.45, 2.75) is 25.5 Å². The standard InChI is InChI=1S/C16H19N3O2/c1-12(15(20)11-13-5-3-2-4-6-13)18-16(21)19-14-7-9-17-10-8-14/h2-10,12,15,20H,11H2,1H3,(H2,17,18,19,21). The number of aliphatic hydroxyl groups excluding tert-OH is 1. The lowest BCUT2D eigenvalue weighted by atomic mass is 10.0. The first kappa shape index (κ1) is 15.0. The molecule has 3 N–H and O–H groups in total. The molecule has 2 amide bonds. The molecule has 0 saturated carbocycles. The Morgan fingerprint density at radius 1 is 1.19 bits per heavy atom. The molecular weight excluding hydrogens is 266 g/mol. The predicted molar refractivity (Wildman–Crippen MR) is 82.0 cm³/mol. The second-order valence-corrected chi connectivity index (χ2v) is 4.88. The molecule has 0 aliphatic carbocycles. The lowest BCUT2D eigenvalue weighted by Crippen LogP contribution is -2.44. The zero-order chi connectivity index (χ0) is 15.1. The topological polar surface area (TPSA) is 74.2 Å². The number of nitrogens with one attached hydrogen (secondary N) is 2. The van der Waals surface area contributed by atoms with Crippen molar-refractivity contribution in [2.75, 3.05) is 5.32 Å². The summed E-state index contributed by atoms with van der Waals surface area (Å²) in [6.07, 6.45) is 3.06. The van der Waals surface area contributed by atoms with Crippen LogP contribution in [0.25, 0.3) is 0 Å². The van der Waals surface area contributed by atoms with Gasteiger partial charge in [0, 0.05) is 24.5 Å². The van der Waals surface area contributed by atoms with Gasteiger partial charge in [0.05, 0.1) is 12.1 Å². The zero-order valence-corrected chi connectivity index (χ0v) is 11.9. The Kier molecular flexibility index (Phi) is 5.29. The van der Waals surface area contributed by atoms with E-state index in [1.165, 1.54) is 0 Å². The van der Waals surface area contributed by atoms with Crippen LogP contribution >= 0.6 is 0 Å². The van der Waals surface area contributed by atoms with Crippen LogP contribution in [-0.4, -0.2) is 28.3 Å². The molecule has 0 fully saturated rings. The van der Waals surface area contributed by atoms with Gasteiger partial charge in [0.1, 0.15) is 0 Å². The number of amides is 2. The lowest BCUT2D eigenvalue weighted by molar-refractivity contribution is 0.137. The minimum atomic E-state index is -0.643. The lowest BCUT2D eigenvalue weighted by Gasteiger charge is -2.20. The number of benzene rings is 1. The fourth-order valence-electron chi connectivity index (χ4n) is 1.94. The van der Waals surface area contributed by atoms with Crippen LogP contribution < -0.4 is 10.6 Å². The molecule has 0 saturated heterocycles. The molecule has 1 heterocycles. The number of aliphatic hydroxyl groups is 1. The Balaban J connectivity index is 1.83. The first-order valence-electron chi connectivity index (χ1n) is 6.84. The molecule has 2 rings (SSSR count). The SMILES string of the molecule is CC(NC(=O)Nc1ccncc1)C(O)Cc1ccccc1. The maximum Gasteiger partial charge on any atom is 0.319 e. The van der Waals surface area contributed by atoms with Crippen LogP contribution in [0.3, 0.4) is 0 Å². The Morgan fingerprint density at radius 2 is 1.86 bits per heavy atom. The van der Waals surface area contributed by atoms with E-state index in [2.05, 4.69) is 15.6 Å². The molecule has 21 heavy (non-hydrogen) atoms. The minimum Gasteiger partial charge on any atom is -0.391 e. The van der Waals surface area contributed by atoms with Gasteiger partial charge in [-0.2, -0.15) is 0 Å². The van der Waals surface area contributed by atoms with Gasteiger partial charge in [0.25, 0.3) is 0 Å². The second-order valence-electron chi connectivity index (χ2n) is 4.88. The van der Waals surface area contributed by atoms with E-state index in [0.717, 1.165) is 5.56 Å². The van der Waals surface area contributed by atoms with Gasteiger partial charge in [0.2, 0.25) is 0 Å². The average Bonchev–Trinajstić information content (AvgIpc) is 2.49. The first-order valence-corrected chi connectivity index (χ1v) is 6.84. The van der Waals surface area contributed by atoms with Gasteiger partial charge in [-0.25, -0.2) is 4.79 Å². The fourth-order valence-corrected chi connectivity index (χ4v) is 1.94. The number of aromatic nitrogens is 1. The van der Waals surface area contributed by atoms with Crippen molar-refractivity contribution >= 4 is 11.7 Å². The Morgan fingerprint density at radius 3 is 2.52 bits per heavy atom. The van der Waals surface area contributed by atoms with Crippen molar-refractivity contribution in [3.8, 4) is 0 Å². The van der Waals surface area contributed by atoms with Gasteiger partial charge in [-0.1, -0.05) is 30.3 Å². The highest BCUT2D eigenvalue weighted by molar-refractivity contribution is 5.89. The van der Waals surface area contributed by atoms with E-state index in [0.29, 0.717) is 12.1 Å². The van der Waals surface area contributed by atoms with Crippen LogP contribution in [0.1, 0.15) is 12.5 Å². The van der Waals surface area contributed by atoms with Crippen LogP contribution in [0.5, 0.6) is 0 Å². The highest BCUT2D eigenvalue weighted by Gasteiger charge is 2.16. The third-order valence-corrected chi connectivity index (χ3v) is 3.16. The number of nitrogens with zero attached hydrogens (tertiary/aromatic N) is 1. The maximum atomic E-state index is 11.8. The van der Waals surface area contributed by atoms with E-state index in [-0.39, 0.29) is 12.1 Å². The van der Waals surface area contributed by atoms with E-state index in [1.54, 1.807) is 31.5 Å². The molecule has 0 aliphatic rings. The molecule has 5 heteroatoms. The summed E-state index contributed by atoms with van der Waals surface area (Å²) in [7, 11) is 0. The third-order valence-electron chi connectivity index (χ3n) is 3.16. The highest BCUT2D eigenvalue weighted by atomic mass is 16.3. The summed E-state index contributed by atoms with van der Waals surface area (Å²) < 4.78 is 0. The van der Waals surface area contributed by atoms with Crippen molar-refractivity contribution in [1.82, 2.24) is 10.3 Å². The van der Waals surface area contributed by atoms with E-state index in [9.17, 15) is 9.90 Å². The largest absolute Gasteiger partial charge is 0.391 e. The maximum absolute atomic E-state index is 11.8. The Labute approximate surface area is 124 Å². The van der Waals surface area contributed by atoms with Crippen molar-refractivity contribution in [3.63, 3.8) is 0 Å². The summed E-state index contributed by atoms with van der Waals surface area (Å²) in [5.41, 5.74) is 1.69. The smallest absolute Gasteiger partial charge is 0.319 e. The van der Waals surface area contributed by atoms with Crippen molar-refractivity contribution in [3.05, 3.63) is 60.4 Å². The average molecular weight is 285 g/mol. The molecule has 2 unspecified atom stereocenters. The fraction of sp³-hybridized carbons (Fsp3) is 0.250. The normalized spacial score (nSPS) is 13.2. The van der Waals surface area contributed by atoms with Crippen molar-refractivity contribution in [1.29, 1.82) is 0 Å². The minimum absolute atomic E-state index is 0.346. The molecule has 0 spiro atoms. The predicted octanol–water partition coefficient (Wildman–Crippen LogP) is 2.20. The molecule has 0 aliphatic heterocycles.